The number of fused-ring (bicyclic) bond motifs is 4. The lowest BCUT2D eigenvalue weighted by molar-refractivity contribution is -0.317. The first kappa shape index (κ1) is 24.4. The monoisotopic (exact) mass is 526 g/mol. The third-order valence-electron chi connectivity index (χ3n) is 9.88. The van der Waals surface area contributed by atoms with Crippen LogP contribution in [0.2, 0.25) is 0 Å². The van der Waals surface area contributed by atoms with Crippen LogP contribution in [-0.4, -0.2) is 123 Å². The first-order chi connectivity index (χ1) is 17.4. The number of carbonyl (C=O) groups excluding carboxylic acids is 2. The number of rotatable bonds is 4. The number of aliphatic hydroxyl groups is 5. The lowest BCUT2D eigenvalue weighted by atomic mass is 9.46. The molecule has 5 aliphatic heterocycles. The molecule has 2 saturated carbocycles. The minimum absolute atomic E-state index is 0.459. The summed E-state index contributed by atoms with van der Waals surface area (Å²) < 4.78 is 35.0. The number of hydrogen-bond acceptors (Lipinski definition) is 13. The van der Waals surface area contributed by atoms with Crippen LogP contribution in [0.15, 0.2) is 11.6 Å². The average molecular weight is 526 g/mol. The highest BCUT2D eigenvalue weighted by Gasteiger charge is 2.89. The van der Waals surface area contributed by atoms with E-state index in [2.05, 4.69) is 0 Å². The Kier molecular flexibility index (Phi) is 4.80. The van der Waals surface area contributed by atoms with Gasteiger partial charge in [-0.1, -0.05) is 6.92 Å². The van der Waals surface area contributed by atoms with Crippen molar-refractivity contribution >= 4 is 11.9 Å². The summed E-state index contributed by atoms with van der Waals surface area (Å²) in [6.45, 7) is 4.52. The summed E-state index contributed by atoms with van der Waals surface area (Å²) in [7, 11) is 0. The molecule has 204 valence electrons. The molecular weight excluding hydrogens is 496 g/mol. The van der Waals surface area contributed by atoms with Gasteiger partial charge in [-0.05, 0) is 19.4 Å². The maximum absolute atomic E-state index is 13.1. The number of esters is 2. The lowest BCUT2D eigenvalue weighted by Gasteiger charge is -2.53. The van der Waals surface area contributed by atoms with Crippen molar-refractivity contribution in [3.05, 3.63) is 11.6 Å². The SMILES string of the molecule is C[C@H](O[C@@H]1O[C@H](CO)[C@@H](O)[C@H](O)[C@H]1O)[C@H]1OC(=O)C=C2[C@]3(C)[C@@H]4[C@H](OC(=O)[C@@]4(C)[C@@H](O)[C@@H]4O[C@@H]43)[C@H]3O[C@@]231. The molecule has 1 spiro atoms. The minimum atomic E-state index is -1.65. The molecule has 0 bridgehead atoms. The zero-order valence-electron chi connectivity index (χ0n) is 20.3. The molecule has 4 saturated heterocycles. The van der Waals surface area contributed by atoms with E-state index in [1.165, 1.54) is 6.08 Å². The average Bonchev–Trinajstić information content (AvgIpc) is 3.77. The van der Waals surface area contributed by atoms with Gasteiger partial charge in [0.15, 0.2) is 18.0 Å². The number of cyclic esters (lactones) is 1. The summed E-state index contributed by atoms with van der Waals surface area (Å²) in [5, 5.41) is 51.1. The predicted molar refractivity (Wildman–Crippen MR) is 114 cm³/mol. The number of aliphatic hydroxyl groups excluding tert-OH is 5. The molecule has 13 nitrogen and oxygen atoms in total. The molecule has 0 unspecified atom stereocenters. The van der Waals surface area contributed by atoms with E-state index in [1.54, 1.807) is 13.8 Å². The van der Waals surface area contributed by atoms with Crippen LogP contribution in [0.1, 0.15) is 20.8 Å². The van der Waals surface area contributed by atoms with Crippen molar-refractivity contribution in [1.82, 2.24) is 0 Å². The van der Waals surface area contributed by atoms with Crippen LogP contribution in [0.5, 0.6) is 0 Å². The van der Waals surface area contributed by atoms with Gasteiger partial charge < -0.3 is 54.0 Å². The highest BCUT2D eigenvalue weighted by atomic mass is 16.7. The fourth-order valence-electron chi connectivity index (χ4n) is 8.02. The Morgan fingerprint density at radius 3 is 2.41 bits per heavy atom. The molecule has 5 heterocycles. The van der Waals surface area contributed by atoms with Crippen molar-refractivity contribution in [1.29, 1.82) is 0 Å². The summed E-state index contributed by atoms with van der Waals surface area (Å²) in [6, 6.07) is 0. The van der Waals surface area contributed by atoms with Crippen LogP contribution in [0.25, 0.3) is 0 Å². The number of hydrogen-bond donors (Lipinski definition) is 5. The van der Waals surface area contributed by atoms with Crippen molar-refractivity contribution in [3.8, 4) is 0 Å². The van der Waals surface area contributed by atoms with E-state index in [0.29, 0.717) is 5.57 Å². The Labute approximate surface area is 210 Å². The van der Waals surface area contributed by atoms with Crippen molar-refractivity contribution in [3.63, 3.8) is 0 Å². The molecule has 2 aliphatic carbocycles. The van der Waals surface area contributed by atoms with Gasteiger partial charge in [-0.3, -0.25) is 4.79 Å². The molecule has 13 heteroatoms. The molecule has 0 aromatic rings. The molecule has 0 aromatic heterocycles. The first-order valence-electron chi connectivity index (χ1n) is 12.5. The minimum Gasteiger partial charge on any atom is -0.459 e. The number of ether oxygens (including phenoxy) is 6. The molecule has 5 N–H and O–H groups in total. The Hall–Kier alpha value is -1.68. The normalized spacial score (nSPS) is 59.6. The van der Waals surface area contributed by atoms with Crippen molar-refractivity contribution in [2.45, 2.75) is 99.8 Å². The maximum Gasteiger partial charge on any atom is 0.331 e. The van der Waals surface area contributed by atoms with Gasteiger partial charge in [0.1, 0.15) is 48.1 Å². The number of epoxide rings is 2. The molecule has 0 radical (unpaired) electrons. The Morgan fingerprint density at radius 1 is 0.973 bits per heavy atom. The second kappa shape index (κ2) is 7.29. The summed E-state index contributed by atoms with van der Waals surface area (Å²) in [5.41, 5.74) is -2.75. The third kappa shape index (κ3) is 2.70. The van der Waals surface area contributed by atoms with Gasteiger partial charge in [0.2, 0.25) is 0 Å². The van der Waals surface area contributed by atoms with E-state index in [-0.39, 0.29) is 0 Å². The molecule has 6 fully saturated rings. The summed E-state index contributed by atoms with van der Waals surface area (Å²) in [5.74, 6) is -1.71. The highest BCUT2D eigenvalue weighted by molar-refractivity contribution is 5.88. The van der Waals surface area contributed by atoms with Crippen molar-refractivity contribution in [2.24, 2.45) is 16.7 Å². The van der Waals surface area contributed by atoms with Crippen LogP contribution in [0.3, 0.4) is 0 Å². The second-order valence-corrected chi connectivity index (χ2v) is 11.7. The fraction of sp³-hybridized carbons (Fsp3) is 0.833. The fourth-order valence-corrected chi connectivity index (χ4v) is 8.02. The maximum atomic E-state index is 13.1. The summed E-state index contributed by atoms with van der Waals surface area (Å²) >= 11 is 0. The molecular formula is C24H30O13. The van der Waals surface area contributed by atoms with E-state index in [9.17, 15) is 35.1 Å². The van der Waals surface area contributed by atoms with E-state index in [0.717, 1.165) is 0 Å². The van der Waals surface area contributed by atoms with Crippen LogP contribution < -0.4 is 0 Å². The van der Waals surface area contributed by atoms with E-state index in [1.807, 2.05) is 6.92 Å². The highest BCUT2D eigenvalue weighted by Crippen LogP contribution is 2.75. The van der Waals surface area contributed by atoms with Gasteiger partial charge >= 0.3 is 11.9 Å². The summed E-state index contributed by atoms with van der Waals surface area (Å²) in [6.07, 6.45) is -11.6. The second-order valence-electron chi connectivity index (χ2n) is 11.7. The van der Waals surface area contributed by atoms with Gasteiger partial charge in [0, 0.05) is 17.4 Å². The molecule has 37 heavy (non-hydrogen) atoms. The molecule has 16 atom stereocenters. The molecule has 0 amide bonds. The Bertz CT molecular complexity index is 1090. The van der Waals surface area contributed by atoms with Gasteiger partial charge in [-0.15, -0.1) is 0 Å². The van der Waals surface area contributed by atoms with Crippen molar-refractivity contribution < 1.29 is 63.5 Å². The van der Waals surface area contributed by atoms with Crippen LogP contribution in [0, 0.1) is 16.7 Å². The standard InChI is InChI=1S/C24H30O13/c1-6(32-20-12(29)11(28)10(27)7(5-25)33-20)17-24-8(4-9(26)34-17)22(2)15-13(19(24)37-24)36-21(31)23(15,3)16(30)14-18(22)35-14/h4,6-7,10-20,25,27-30H,5H2,1-3H3/t6-,7+,10+,11-,12+,13-,14-,15-,16-,17+,18-,19+,20+,22+,23+,24+/m0/s1. The number of carbonyl (C=O) groups is 2. The van der Waals surface area contributed by atoms with Crippen LogP contribution in [-0.2, 0) is 38.0 Å². The van der Waals surface area contributed by atoms with E-state index in [4.69, 9.17) is 28.4 Å². The van der Waals surface area contributed by atoms with E-state index >= 15 is 0 Å². The zero-order chi connectivity index (χ0) is 26.4. The van der Waals surface area contributed by atoms with Gasteiger partial charge in [0.25, 0.3) is 0 Å². The van der Waals surface area contributed by atoms with Crippen LogP contribution in [0.4, 0.5) is 0 Å². The lowest BCUT2D eigenvalue weighted by Crippen LogP contribution is -2.66. The predicted octanol–water partition coefficient (Wildman–Crippen LogP) is -3.11. The molecule has 7 rings (SSSR count). The quantitative estimate of drug-likeness (QED) is 0.182. The van der Waals surface area contributed by atoms with Gasteiger partial charge in [-0.25, -0.2) is 4.79 Å². The first-order valence-corrected chi connectivity index (χ1v) is 12.5. The van der Waals surface area contributed by atoms with E-state index < -0.39 is 114 Å². The zero-order valence-corrected chi connectivity index (χ0v) is 20.3. The van der Waals surface area contributed by atoms with Crippen LogP contribution >= 0.6 is 0 Å². The molecule has 0 aromatic carbocycles. The smallest absolute Gasteiger partial charge is 0.331 e. The van der Waals surface area contributed by atoms with Gasteiger partial charge in [-0.2, -0.15) is 0 Å². The third-order valence-corrected chi connectivity index (χ3v) is 9.88. The Balaban J connectivity index is 1.24. The topological polar surface area (TPSA) is 197 Å². The Morgan fingerprint density at radius 2 is 1.70 bits per heavy atom. The van der Waals surface area contributed by atoms with Gasteiger partial charge in [0.05, 0.1) is 24.9 Å². The summed E-state index contributed by atoms with van der Waals surface area (Å²) in [4.78, 5) is 26.0. The largest absolute Gasteiger partial charge is 0.459 e. The molecule has 7 aliphatic rings. The van der Waals surface area contributed by atoms with Crippen molar-refractivity contribution in [2.75, 3.05) is 6.61 Å².